The molecule has 0 N–H and O–H groups in total. The summed E-state index contributed by atoms with van der Waals surface area (Å²) in [5.74, 6) is 0. The Hall–Kier alpha value is -3.56. The van der Waals surface area contributed by atoms with Crippen molar-refractivity contribution in [1.82, 2.24) is 4.90 Å². The minimum Gasteiger partial charge on any atom is -0.370 e. The molecule has 0 aliphatic carbocycles. The Morgan fingerprint density at radius 2 is 0.971 bits per heavy atom. The lowest BCUT2D eigenvalue weighted by atomic mass is 10.0. The quantitative estimate of drug-likeness (QED) is 0.253. The van der Waals surface area contributed by atoms with Crippen molar-refractivity contribution in [2.45, 2.75) is 33.1 Å². The molecule has 0 spiro atoms. The maximum Gasteiger partial charge on any atom is 0.0426 e. The van der Waals surface area contributed by atoms with Gasteiger partial charge in [-0.15, -0.1) is 0 Å². The fraction of sp³-hybridized carbons (Fsp3) is 0.250. The van der Waals surface area contributed by atoms with Crippen LogP contribution in [0.1, 0.15) is 27.8 Å². The van der Waals surface area contributed by atoms with Gasteiger partial charge in [0.05, 0.1) is 0 Å². The first kappa shape index (κ1) is 24.6. The summed E-state index contributed by atoms with van der Waals surface area (Å²) < 4.78 is 0. The van der Waals surface area contributed by atoms with Crippen LogP contribution in [0, 0.1) is 6.92 Å². The number of nitrogens with zero attached hydrogens (tertiary/aromatic N) is 3. The molecule has 0 heterocycles. The van der Waals surface area contributed by atoms with E-state index >= 15 is 0 Å². The summed E-state index contributed by atoms with van der Waals surface area (Å²) in [4.78, 5) is 7.14. The molecule has 180 valence electrons. The van der Waals surface area contributed by atoms with Crippen molar-refractivity contribution in [2.24, 2.45) is 0 Å². The van der Waals surface area contributed by atoms with Gasteiger partial charge in [0.15, 0.2) is 0 Å². The number of anilines is 2. The molecule has 3 heteroatoms. The minimum absolute atomic E-state index is 0.880. The van der Waals surface area contributed by atoms with E-state index in [1.165, 1.54) is 39.2 Å². The van der Waals surface area contributed by atoms with Crippen molar-refractivity contribution in [3.8, 4) is 0 Å². The molecule has 0 fully saturated rings. The molecular weight excluding hydrogens is 426 g/mol. The number of benzene rings is 4. The molecule has 0 atom stereocenters. The molecule has 0 saturated carbocycles. The molecule has 0 aromatic heterocycles. The van der Waals surface area contributed by atoms with Crippen LogP contribution in [0.5, 0.6) is 0 Å². The summed E-state index contributed by atoms with van der Waals surface area (Å²) in [6, 6.07) is 36.8. The molecule has 3 nitrogen and oxygen atoms in total. The average Bonchev–Trinajstić information content (AvgIpc) is 2.87. The van der Waals surface area contributed by atoms with E-state index < -0.39 is 0 Å². The maximum absolute atomic E-state index is 2.40. The predicted molar refractivity (Wildman–Crippen MR) is 150 cm³/mol. The highest BCUT2D eigenvalue weighted by molar-refractivity contribution is 5.66. The van der Waals surface area contributed by atoms with Crippen molar-refractivity contribution in [3.63, 3.8) is 0 Å². The van der Waals surface area contributed by atoms with Crippen LogP contribution in [0.25, 0.3) is 0 Å². The van der Waals surface area contributed by atoms with Crippen LogP contribution in [-0.2, 0) is 26.2 Å². The summed E-state index contributed by atoms with van der Waals surface area (Å²) >= 11 is 0. The lowest BCUT2D eigenvalue weighted by Gasteiger charge is -2.29. The third-order valence-electron chi connectivity index (χ3n) is 6.59. The van der Waals surface area contributed by atoms with Gasteiger partial charge in [-0.1, -0.05) is 91.0 Å². The Kier molecular flexibility index (Phi) is 8.23. The average molecular weight is 464 g/mol. The van der Waals surface area contributed by atoms with Crippen LogP contribution in [0.3, 0.4) is 0 Å². The number of rotatable bonds is 10. The molecular formula is C32H37N3. The molecule has 4 aromatic carbocycles. The SMILES string of the molecule is Cc1c(CN(C)Cc2ccccc2)cc(N(C)Cc2ccccc2)cc1N(C)Cc1ccccc1. The van der Waals surface area contributed by atoms with Crippen LogP contribution in [-0.4, -0.2) is 26.0 Å². The molecule has 0 radical (unpaired) electrons. The van der Waals surface area contributed by atoms with E-state index in [1.54, 1.807) is 0 Å². The van der Waals surface area contributed by atoms with Gasteiger partial charge in [0.25, 0.3) is 0 Å². The fourth-order valence-electron chi connectivity index (χ4n) is 4.66. The molecule has 0 aliphatic heterocycles. The molecule has 4 rings (SSSR count). The summed E-state index contributed by atoms with van der Waals surface area (Å²) in [5, 5.41) is 0. The second-order valence-electron chi connectivity index (χ2n) is 9.59. The monoisotopic (exact) mass is 463 g/mol. The summed E-state index contributed by atoms with van der Waals surface area (Å²) in [7, 11) is 6.60. The van der Waals surface area contributed by atoms with Crippen molar-refractivity contribution < 1.29 is 0 Å². The van der Waals surface area contributed by atoms with E-state index in [9.17, 15) is 0 Å². The lowest BCUT2D eigenvalue weighted by molar-refractivity contribution is 0.318. The van der Waals surface area contributed by atoms with E-state index in [-0.39, 0.29) is 0 Å². The van der Waals surface area contributed by atoms with Gasteiger partial charge < -0.3 is 9.80 Å². The van der Waals surface area contributed by atoms with Gasteiger partial charge in [0.2, 0.25) is 0 Å². The van der Waals surface area contributed by atoms with E-state index in [4.69, 9.17) is 0 Å². The highest BCUT2D eigenvalue weighted by atomic mass is 15.1. The van der Waals surface area contributed by atoms with Gasteiger partial charge >= 0.3 is 0 Å². The van der Waals surface area contributed by atoms with Crippen molar-refractivity contribution in [2.75, 3.05) is 30.9 Å². The van der Waals surface area contributed by atoms with Crippen LogP contribution in [0.15, 0.2) is 103 Å². The van der Waals surface area contributed by atoms with Crippen LogP contribution in [0.4, 0.5) is 11.4 Å². The zero-order valence-electron chi connectivity index (χ0n) is 21.5. The molecule has 0 bridgehead atoms. The first-order chi connectivity index (χ1) is 17.0. The first-order valence-corrected chi connectivity index (χ1v) is 12.4. The number of hydrogen-bond donors (Lipinski definition) is 0. The van der Waals surface area contributed by atoms with Crippen LogP contribution in [0.2, 0.25) is 0 Å². The highest BCUT2D eigenvalue weighted by Crippen LogP contribution is 2.31. The van der Waals surface area contributed by atoms with Crippen LogP contribution >= 0.6 is 0 Å². The summed E-state index contributed by atoms with van der Waals surface area (Å²) in [5.41, 5.74) is 9.23. The molecule has 4 aromatic rings. The Labute approximate surface area is 211 Å². The molecule has 0 aliphatic rings. The Morgan fingerprint density at radius 1 is 0.514 bits per heavy atom. The van der Waals surface area contributed by atoms with E-state index in [2.05, 4.69) is 146 Å². The van der Waals surface area contributed by atoms with E-state index in [1.807, 2.05) is 0 Å². The Bertz CT molecular complexity index is 1190. The lowest BCUT2D eigenvalue weighted by Crippen LogP contribution is -2.23. The number of hydrogen-bond acceptors (Lipinski definition) is 3. The highest BCUT2D eigenvalue weighted by Gasteiger charge is 2.15. The molecule has 0 amide bonds. The zero-order valence-corrected chi connectivity index (χ0v) is 21.5. The Balaban J connectivity index is 1.62. The predicted octanol–water partition coefficient (Wildman–Crippen LogP) is 6.90. The normalized spacial score (nSPS) is 11.0. The van der Waals surface area contributed by atoms with Gasteiger partial charge in [0.1, 0.15) is 0 Å². The maximum atomic E-state index is 2.40. The van der Waals surface area contributed by atoms with Gasteiger partial charge in [-0.3, -0.25) is 4.90 Å². The van der Waals surface area contributed by atoms with E-state index in [0.29, 0.717) is 0 Å². The van der Waals surface area contributed by atoms with Crippen LogP contribution < -0.4 is 9.80 Å². The van der Waals surface area contributed by atoms with Gasteiger partial charge in [-0.2, -0.15) is 0 Å². The fourth-order valence-corrected chi connectivity index (χ4v) is 4.66. The molecule has 0 unspecified atom stereocenters. The Morgan fingerprint density at radius 3 is 1.49 bits per heavy atom. The second kappa shape index (κ2) is 11.7. The topological polar surface area (TPSA) is 9.72 Å². The van der Waals surface area contributed by atoms with Crippen molar-refractivity contribution in [1.29, 1.82) is 0 Å². The van der Waals surface area contributed by atoms with Crippen molar-refractivity contribution in [3.05, 3.63) is 131 Å². The van der Waals surface area contributed by atoms with Crippen molar-refractivity contribution >= 4 is 11.4 Å². The first-order valence-electron chi connectivity index (χ1n) is 12.4. The summed E-state index contributed by atoms with van der Waals surface area (Å²) in [6.07, 6.45) is 0. The largest absolute Gasteiger partial charge is 0.370 e. The van der Waals surface area contributed by atoms with Gasteiger partial charge in [0, 0.05) is 51.6 Å². The minimum atomic E-state index is 0.880. The molecule has 0 saturated heterocycles. The molecule has 35 heavy (non-hydrogen) atoms. The second-order valence-corrected chi connectivity index (χ2v) is 9.59. The third kappa shape index (κ3) is 6.74. The van der Waals surface area contributed by atoms with E-state index in [0.717, 1.165) is 26.2 Å². The summed E-state index contributed by atoms with van der Waals surface area (Å²) in [6.45, 7) is 5.86. The van der Waals surface area contributed by atoms with Gasteiger partial charge in [-0.25, -0.2) is 0 Å². The smallest absolute Gasteiger partial charge is 0.0426 e. The van der Waals surface area contributed by atoms with Gasteiger partial charge in [-0.05, 0) is 53.9 Å². The third-order valence-corrected chi connectivity index (χ3v) is 6.59. The zero-order chi connectivity index (χ0) is 24.6. The standard InChI is InChI=1S/C32H37N3/c1-26-30(25-33(2)22-27-14-8-5-9-15-27)20-31(34(3)23-28-16-10-6-11-17-28)21-32(26)35(4)24-29-18-12-7-13-19-29/h5-21H,22-25H2,1-4H3.